The molecule has 0 saturated heterocycles. The Bertz CT molecular complexity index is 1140. The number of hydrogen-bond donors (Lipinski definition) is 0. The first-order chi connectivity index (χ1) is 12.3. The zero-order valence-corrected chi connectivity index (χ0v) is 14.1. The molecule has 3 aromatic carbocycles. The molecule has 2 nitrogen and oxygen atoms in total. The second-order valence-corrected chi connectivity index (χ2v) is 7.08. The first-order valence-corrected chi connectivity index (χ1v) is 8.94. The van der Waals surface area contributed by atoms with Crippen molar-refractivity contribution < 1.29 is 4.79 Å². The minimum atomic E-state index is 0.102. The number of pyridine rings is 1. The predicted octanol–water partition coefficient (Wildman–Crippen LogP) is 5.72. The topological polar surface area (TPSA) is 30.0 Å². The lowest BCUT2D eigenvalue weighted by atomic mass is 10.0. The number of carbonyl (C=O) groups excluding carboxylic acids is 1. The fraction of sp³-hybridized carbons (Fsp3) is 0. The molecule has 4 aromatic rings. The molecule has 118 valence electrons. The summed E-state index contributed by atoms with van der Waals surface area (Å²) >= 11 is 1.55. The summed E-state index contributed by atoms with van der Waals surface area (Å²) in [6, 6.07) is 24.0. The van der Waals surface area contributed by atoms with Gasteiger partial charge in [-0.05, 0) is 35.9 Å². The summed E-state index contributed by atoms with van der Waals surface area (Å²) in [5.41, 5.74) is 3.74. The van der Waals surface area contributed by atoms with Crippen molar-refractivity contribution in [1.82, 2.24) is 4.98 Å². The van der Waals surface area contributed by atoms with E-state index in [2.05, 4.69) is 12.1 Å². The van der Waals surface area contributed by atoms with Gasteiger partial charge >= 0.3 is 0 Å². The van der Waals surface area contributed by atoms with Crippen LogP contribution in [0.15, 0.2) is 82.6 Å². The Hall–Kier alpha value is -2.91. The van der Waals surface area contributed by atoms with Crippen LogP contribution >= 0.6 is 11.8 Å². The fourth-order valence-electron chi connectivity index (χ4n) is 3.30. The number of rotatable bonds is 1. The molecule has 1 aliphatic heterocycles. The third kappa shape index (κ3) is 2.28. The molecule has 2 heterocycles. The highest BCUT2D eigenvalue weighted by Crippen LogP contribution is 2.41. The van der Waals surface area contributed by atoms with E-state index in [0.717, 1.165) is 42.7 Å². The average Bonchev–Trinajstić information content (AvgIpc) is 2.97. The molecular weight excluding hydrogens is 326 g/mol. The lowest BCUT2D eigenvalue weighted by Crippen LogP contribution is -1.94. The van der Waals surface area contributed by atoms with Gasteiger partial charge in [-0.1, -0.05) is 60.3 Å². The summed E-state index contributed by atoms with van der Waals surface area (Å²) in [6.45, 7) is 0. The average molecular weight is 339 g/mol. The summed E-state index contributed by atoms with van der Waals surface area (Å²) in [6.07, 6.45) is 2.03. The van der Waals surface area contributed by atoms with Gasteiger partial charge in [-0.2, -0.15) is 0 Å². The molecule has 1 aromatic heterocycles. The summed E-state index contributed by atoms with van der Waals surface area (Å²) in [5.74, 6) is 0.102. The number of para-hydroxylation sites is 2. The summed E-state index contributed by atoms with van der Waals surface area (Å²) in [4.78, 5) is 19.3. The largest absolute Gasteiger partial charge is 0.288 e. The van der Waals surface area contributed by atoms with Gasteiger partial charge in [0, 0.05) is 21.2 Å². The van der Waals surface area contributed by atoms with E-state index in [4.69, 9.17) is 4.98 Å². The van der Waals surface area contributed by atoms with Crippen molar-refractivity contribution >= 4 is 45.4 Å². The Kier molecular flexibility index (Phi) is 3.22. The van der Waals surface area contributed by atoms with Gasteiger partial charge in [0.05, 0.1) is 15.9 Å². The number of fused-ring (bicyclic) bond motifs is 3. The number of allylic oxidation sites excluding steroid dienone is 1. The van der Waals surface area contributed by atoms with Gasteiger partial charge in [0.15, 0.2) is 0 Å². The third-order valence-corrected chi connectivity index (χ3v) is 5.58. The van der Waals surface area contributed by atoms with Crippen molar-refractivity contribution in [3.05, 3.63) is 88.8 Å². The lowest BCUT2D eigenvalue weighted by molar-refractivity contribution is 0.104. The molecule has 0 saturated carbocycles. The van der Waals surface area contributed by atoms with Gasteiger partial charge in [0.25, 0.3) is 0 Å². The van der Waals surface area contributed by atoms with E-state index in [9.17, 15) is 4.79 Å². The Morgan fingerprint density at radius 2 is 1.36 bits per heavy atom. The molecule has 25 heavy (non-hydrogen) atoms. The molecule has 0 spiro atoms. The maximum Gasteiger partial charge on any atom is 0.200 e. The molecule has 0 N–H and O–H groups in total. The zero-order valence-electron chi connectivity index (χ0n) is 13.3. The third-order valence-electron chi connectivity index (χ3n) is 4.48. The van der Waals surface area contributed by atoms with Gasteiger partial charge in [-0.3, -0.25) is 4.79 Å². The maximum absolute atomic E-state index is 12.8. The molecule has 0 radical (unpaired) electrons. The SMILES string of the molecule is O=C1/C(=C/c2c3ccccc3nc3ccccc23)Sc2ccccc21. The Labute approximate surface area is 149 Å². The van der Waals surface area contributed by atoms with Crippen molar-refractivity contribution in [2.45, 2.75) is 4.90 Å². The van der Waals surface area contributed by atoms with Crippen LogP contribution < -0.4 is 0 Å². The number of nitrogens with zero attached hydrogens (tertiary/aromatic N) is 1. The number of thioether (sulfide) groups is 1. The van der Waals surface area contributed by atoms with Gasteiger partial charge in [0.2, 0.25) is 5.78 Å². The van der Waals surface area contributed by atoms with E-state index in [1.54, 1.807) is 11.8 Å². The van der Waals surface area contributed by atoms with Crippen LogP contribution in [0.5, 0.6) is 0 Å². The smallest absolute Gasteiger partial charge is 0.200 e. The molecular formula is C22H13NOS. The van der Waals surface area contributed by atoms with Crippen molar-refractivity contribution in [2.24, 2.45) is 0 Å². The van der Waals surface area contributed by atoms with Crippen LogP contribution in [0.2, 0.25) is 0 Å². The van der Waals surface area contributed by atoms with Gasteiger partial charge in [-0.15, -0.1) is 0 Å². The van der Waals surface area contributed by atoms with Crippen LogP contribution in [0.1, 0.15) is 15.9 Å². The Morgan fingerprint density at radius 1 is 0.760 bits per heavy atom. The predicted molar refractivity (Wildman–Crippen MR) is 104 cm³/mol. The van der Waals surface area contributed by atoms with Crippen molar-refractivity contribution in [3.63, 3.8) is 0 Å². The molecule has 0 unspecified atom stereocenters. The van der Waals surface area contributed by atoms with Crippen molar-refractivity contribution in [2.75, 3.05) is 0 Å². The minimum absolute atomic E-state index is 0.102. The van der Waals surface area contributed by atoms with Gasteiger partial charge < -0.3 is 0 Å². The molecule has 1 aliphatic rings. The number of ketones is 1. The van der Waals surface area contributed by atoms with Gasteiger partial charge in [0.1, 0.15) is 0 Å². The van der Waals surface area contributed by atoms with E-state index in [1.165, 1.54) is 0 Å². The molecule has 0 amide bonds. The Balaban J connectivity index is 1.79. The second-order valence-electron chi connectivity index (χ2n) is 6.00. The second kappa shape index (κ2) is 5.57. The number of benzene rings is 3. The zero-order chi connectivity index (χ0) is 16.8. The summed E-state index contributed by atoms with van der Waals surface area (Å²) < 4.78 is 0. The molecule has 0 bridgehead atoms. The molecule has 0 atom stereocenters. The van der Waals surface area contributed by atoms with Gasteiger partial charge in [-0.25, -0.2) is 4.98 Å². The highest BCUT2D eigenvalue weighted by molar-refractivity contribution is 8.04. The van der Waals surface area contributed by atoms with Crippen LogP contribution in [0.25, 0.3) is 27.9 Å². The van der Waals surface area contributed by atoms with E-state index >= 15 is 0 Å². The quantitative estimate of drug-likeness (QED) is 0.328. The highest BCUT2D eigenvalue weighted by atomic mass is 32.2. The summed E-state index contributed by atoms with van der Waals surface area (Å²) in [5, 5.41) is 2.14. The summed E-state index contributed by atoms with van der Waals surface area (Å²) in [7, 11) is 0. The maximum atomic E-state index is 12.8. The monoisotopic (exact) mass is 339 g/mol. The minimum Gasteiger partial charge on any atom is -0.288 e. The van der Waals surface area contributed by atoms with Crippen molar-refractivity contribution in [3.8, 4) is 0 Å². The highest BCUT2D eigenvalue weighted by Gasteiger charge is 2.25. The first kappa shape index (κ1) is 14.4. The molecule has 3 heteroatoms. The number of hydrogen-bond acceptors (Lipinski definition) is 3. The molecule has 0 aliphatic carbocycles. The number of carbonyl (C=O) groups is 1. The van der Waals surface area contributed by atoms with E-state index in [-0.39, 0.29) is 5.78 Å². The molecule has 5 rings (SSSR count). The standard InChI is InChI=1S/C22H13NOS/c24-22-16-9-3-6-12-20(16)25-21(22)13-17-14-7-1-4-10-18(14)23-19-11-5-2-8-15(17)19/h1-13H/b21-13-. The molecule has 0 fully saturated rings. The van der Waals surface area contributed by atoms with E-state index in [1.807, 2.05) is 66.7 Å². The van der Waals surface area contributed by atoms with Crippen LogP contribution in [0.4, 0.5) is 0 Å². The van der Waals surface area contributed by atoms with E-state index in [0.29, 0.717) is 0 Å². The van der Waals surface area contributed by atoms with Crippen LogP contribution in [-0.4, -0.2) is 10.8 Å². The first-order valence-electron chi connectivity index (χ1n) is 8.12. The van der Waals surface area contributed by atoms with Crippen LogP contribution in [0, 0.1) is 0 Å². The number of Topliss-reactive ketones (excluding diaryl/α,β-unsaturated/α-hetero) is 1. The van der Waals surface area contributed by atoms with Crippen molar-refractivity contribution in [1.29, 1.82) is 0 Å². The lowest BCUT2D eigenvalue weighted by Gasteiger charge is -2.08. The van der Waals surface area contributed by atoms with Crippen LogP contribution in [0.3, 0.4) is 0 Å². The van der Waals surface area contributed by atoms with E-state index < -0.39 is 0 Å². The number of aromatic nitrogens is 1. The van der Waals surface area contributed by atoms with Crippen LogP contribution in [-0.2, 0) is 0 Å². The normalized spacial score (nSPS) is 15.2. The Morgan fingerprint density at radius 3 is 2.04 bits per heavy atom. The fourth-order valence-corrected chi connectivity index (χ4v) is 4.33.